The van der Waals surface area contributed by atoms with Crippen molar-refractivity contribution in [1.82, 2.24) is 5.32 Å². The highest BCUT2D eigenvalue weighted by atomic mass is 35.5. The van der Waals surface area contributed by atoms with Crippen LogP contribution in [0, 0.1) is 5.92 Å². The first-order valence-electron chi connectivity index (χ1n) is 4.33. The molecule has 6 nitrogen and oxygen atoms in total. The zero-order chi connectivity index (χ0) is 11.1. The minimum absolute atomic E-state index is 0. The minimum atomic E-state index is -1.17. The Hall–Kier alpha value is -1.01. The van der Waals surface area contributed by atoms with Gasteiger partial charge in [-0.25, -0.2) is 9.59 Å². The maximum atomic E-state index is 11.0. The van der Waals surface area contributed by atoms with E-state index in [9.17, 15) is 9.59 Å². The lowest BCUT2D eigenvalue weighted by Gasteiger charge is -2.13. The van der Waals surface area contributed by atoms with Gasteiger partial charge < -0.3 is 20.9 Å². The average molecular weight is 241 g/mol. The van der Waals surface area contributed by atoms with Crippen LogP contribution < -0.4 is 11.1 Å². The molecule has 1 amide bonds. The normalized spacial score (nSPS) is 11.5. The number of rotatable bonds is 5. The standard InChI is InChI=1S/C8H16N2O4.ClH/c1-5(2)4-14-8(13)10-6(3-9)7(11)12;/h5-6H,3-4,9H2,1-2H3,(H,10,13)(H,11,12);1H/t6-;/m0./s1. The fourth-order valence-electron chi connectivity index (χ4n) is 0.648. The van der Waals surface area contributed by atoms with E-state index >= 15 is 0 Å². The van der Waals surface area contributed by atoms with Crippen LogP contribution in [0.4, 0.5) is 4.79 Å². The van der Waals surface area contributed by atoms with Crippen molar-refractivity contribution in [2.24, 2.45) is 11.7 Å². The first kappa shape index (κ1) is 16.4. The fraction of sp³-hybridized carbons (Fsp3) is 0.750. The van der Waals surface area contributed by atoms with Gasteiger partial charge in [-0.1, -0.05) is 13.8 Å². The monoisotopic (exact) mass is 240 g/mol. The minimum Gasteiger partial charge on any atom is -0.480 e. The van der Waals surface area contributed by atoms with Gasteiger partial charge in [0.05, 0.1) is 6.61 Å². The van der Waals surface area contributed by atoms with Crippen molar-refractivity contribution in [3.05, 3.63) is 0 Å². The third-order valence-corrected chi connectivity index (χ3v) is 1.37. The second kappa shape index (κ2) is 8.31. The highest BCUT2D eigenvalue weighted by molar-refractivity contribution is 5.85. The van der Waals surface area contributed by atoms with Crippen LogP contribution in [-0.4, -0.2) is 36.4 Å². The lowest BCUT2D eigenvalue weighted by molar-refractivity contribution is -0.139. The molecule has 0 bridgehead atoms. The summed E-state index contributed by atoms with van der Waals surface area (Å²) in [7, 11) is 0. The number of carbonyl (C=O) groups is 2. The number of carboxylic acid groups (broad SMARTS) is 1. The Kier molecular flexibility index (Phi) is 9.10. The summed E-state index contributed by atoms with van der Waals surface area (Å²) in [4.78, 5) is 21.4. The molecule has 0 heterocycles. The predicted octanol–water partition coefficient (Wildman–Crippen LogP) is 0.202. The quantitative estimate of drug-likeness (QED) is 0.637. The molecule has 0 aromatic rings. The van der Waals surface area contributed by atoms with Gasteiger partial charge in [0.25, 0.3) is 0 Å². The van der Waals surface area contributed by atoms with Crippen LogP contribution in [0.5, 0.6) is 0 Å². The third-order valence-electron chi connectivity index (χ3n) is 1.37. The number of halogens is 1. The molecule has 0 aromatic carbocycles. The van der Waals surface area contributed by atoms with Gasteiger partial charge in [-0.2, -0.15) is 0 Å². The number of carboxylic acids is 1. The molecular formula is C8H17ClN2O4. The van der Waals surface area contributed by atoms with E-state index in [1.165, 1.54) is 0 Å². The van der Waals surface area contributed by atoms with E-state index in [1.54, 1.807) is 0 Å². The third kappa shape index (κ3) is 8.02. The summed E-state index contributed by atoms with van der Waals surface area (Å²) in [5.74, 6) is -0.962. The van der Waals surface area contributed by atoms with Crippen molar-refractivity contribution in [1.29, 1.82) is 0 Å². The number of carbonyl (C=O) groups excluding carboxylic acids is 1. The van der Waals surface area contributed by atoms with Crippen LogP contribution >= 0.6 is 12.4 Å². The molecule has 0 radical (unpaired) electrons. The second-order valence-corrected chi connectivity index (χ2v) is 3.26. The van der Waals surface area contributed by atoms with Gasteiger partial charge in [0.15, 0.2) is 0 Å². The zero-order valence-corrected chi connectivity index (χ0v) is 9.54. The van der Waals surface area contributed by atoms with Gasteiger partial charge in [0.1, 0.15) is 6.04 Å². The lowest BCUT2D eigenvalue weighted by atomic mass is 10.2. The Bertz CT molecular complexity index is 211. The van der Waals surface area contributed by atoms with Gasteiger partial charge in [-0.05, 0) is 5.92 Å². The largest absolute Gasteiger partial charge is 0.480 e. The van der Waals surface area contributed by atoms with Crippen molar-refractivity contribution >= 4 is 24.5 Å². The van der Waals surface area contributed by atoms with Gasteiger partial charge in [0, 0.05) is 6.54 Å². The van der Waals surface area contributed by atoms with E-state index in [-0.39, 0.29) is 31.5 Å². The Labute approximate surface area is 94.6 Å². The Balaban J connectivity index is 0. The Morgan fingerprint density at radius 3 is 2.33 bits per heavy atom. The van der Waals surface area contributed by atoms with E-state index in [0.29, 0.717) is 0 Å². The molecular weight excluding hydrogens is 224 g/mol. The van der Waals surface area contributed by atoms with E-state index in [0.717, 1.165) is 0 Å². The predicted molar refractivity (Wildman–Crippen MR) is 57.0 cm³/mol. The number of nitrogens with two attached hydrogens (primary N) is 1. The molecule has 7 heteroatoms. The van der Waals surface area contributed by atoms with Crippen LogP contribution in [0.3, 0.4) is 0 Å². The second-order valence-electron chi connectivity index (χ2n) is 3.26. The van der Waals surface area contributed by atoms with Crippen molar-refractivity contribution in [3.63, 3.8) is 0 Å². The van der Waals surface area contributed by atoms with Crippen LogP contribution in [0.1, 0.15) is 13.8 Å². The highest BCUT2D eigenvalue weighted by Gasteiger charge is 2.18. The zero-order valence-electron chi connectivity index (χ0n) is 8.73. The Morgan fingerprint density at radius 1 is 1.47 bits per heavy atom. The van der Waals surface area contributed by atoms with Gasteiger partial charge in [0.2, 0.25) is 0 Å². The number of aliphatic carboxylic acids is 1. The maximum Gasteiger partial charge on any atom is 0.407 e. The first-order chi connectivity index (χ1) is 6.47. The number of hydrogen-bond acceptors (Lipinski definition) is 4. The van der Waals surface area contributed by atoms with E-state index < -0.39 is 18.1 Å². The van der Waals surface area contributed by atoms with Gasteiger partial charge in [-0.15, -0.1) is 12.4 Å². The molecule has 0 saturated heterocycles. The summed E-state index contributed by atoms with van der Waals surface area (Å²) in [5, 5.41) is 10.7. The smallest absolute Gasteiger partial charge is 0.407 e. The van der Waals surface area contributed by atoms with Gasteiger partial charge >= 0.3 is 12.1 Å². The molecule has 0 aliphatic rings. The van der Waals surface area contributed by atoms with E-state index in [4.69, 9.17) is 15.6 Å². The molecule has 0 aliphatic heterocycles. The van der Waals surface area contributed by atoms with Crippen molar-refractivity contribution in [2.45, 2.75) is 19.9 Å². The lowest BCUT2D eigenvalue weighted by Crippen LogP contribution is -2.46. The summed E-state index contributed by atoms with van der Waals surface area (Å²) >= 11 is 0. The van der Waals surface area contributed by atoms with E-state index in [2.05, 4.69) is 5.32 Å². The molecule has 4 N–H and O–H groups in total. The highest BCUT2D eigenvalue weighted by Crippen LogP contribution is 1.93. The molecule has 0 saturated carbocycles. The molecule has 1 atom stereocenters. The van der Waals surface area contributed by atoms with Crippen molar-refractivity contribution < 1.29 is 19.4 Å². The molecule has 15 heavy (non-hydrogen) atoms. The molecule has 0 aliphatic carbocycles. The molecule has 90 valence electrons. The fourth-order valence-corrected chi connectivity index (χ4v) is 0.648. The molecule has 0 unspecified atom stereocenters. The Morgan fingerprint density at radius 2 is 2.00 bits per heavy atom. The van der Waals surface area contributed by atoms with Crippen LogP contribution in [0.25, 0.3) is 0 Å². The topological polar surface area (TPSA) is 102 Å². The molecule has 0 fully saturated rings. The van der Waals surface area contributed by atoms with Crippen LogP contribution in [-0.2, 0) is 9.53 Å². The number of alkyl carbamates (subject to hydrolysis) is 1. The molecule has 0 aromatic heterocycles. The van der Waals surface area contributed by atoms with Crippen molar-refractivity contribution in [2.75, 3.05) is 13.2 Å². The number of ether oxygens (including phenoxy) is 1. The summed E-state index contributed by atoms with van der Waals surface area (Å²) in [6.07, 6.45) is -0.753. The van der Waals surface area contributed by atoms with E-state index in [1.807, 2.05) is 13.8 Å². The number of amides is 1. The molecule has 0 spiro atoms. The average Bonchev–Trinajstić information content (AvgIpc) is 2.10. The van der Waals surface area contributed by atoms with Gasteiger partial charge in [-0.3, -0.25) is 0 Å². The van der Waals surface area contributed by atoms with Crippen LogP contribution in [0.2, 0.25) is 0 Å². The summed E-state index contributed by atoms with van der Waals surface area (Å²) in [6.45, 7) is 3.85. The van der Waals surface area contributed by atoms with Crippen molar-refractivity contribution in [3.8, 4) is 0 Å². The first-order valence-corrected chi connectivity index (χ1v) is 4.33. The van der Waals surface area contributed by atoms with Crippen LogP contribution in [0.15, 0.2) is 0 Å². The SMILES string of the molecule is CC(C)COC(=O)N[C@@H](CN)C(=O)O.Cl. The summed E-state index contributed by atoms with van der Waals surface area (Å²) < 4.78 is 4.72. The number of nitrogens with one attached hydrogen (secondary N) is 1. The molecule has 0 rings (SSSR count). The summed E-state index contributed by atoms with van der Waals surface area (Å²) in [5.41, 5.74) is 5.13. The summed E-state index contributed by atoms with van der Waals surface area (Å²) in [6, 6.07) is -1.09. The maximum absolute atomic E-state index is 11.0. The number of hydrogen-bond donors (Lipinski definition) is 3.